The van der Waals surface area contributed by atoms with Crippen LogP contribution in [-0.2, 0) is 0 Å². The van der Waals surface area contributed by atoms with Crippen LogP contribution in [0.15, 0.2) is 12.1 Å². The van der Waals surface area contributed by atoms with E-state index in [1.54, 1.807) is 6.92 Å². The maximum Gasteiger partial charge on any atom is 0.506 e. The van der Waals surface area contributed by atoms with Crippen molar-refractivity contribution >= 4 is 6.98 Å². The molecule has 0 heterocycles. The SMILES string of the molecule is C=C(CN(CCC)CC(F)(F)F)[B-](F)(F)F. The molecule has 0 atom stereocenters. The van der Waals surface area contributed by atoms with Gasteiger partial charge >= 0.3 is 13.2 Å². The number of nitrogens with zero attached hydrogens (tertiary/aromatic N) is 1. The lowest BCUT2D eigenvalue weighted by molar-refractivity contribution is -0.144. The first kappa shape index (κ1) is 15.3. The zero-order valence-corrected chi connectivity index (χ0v) is 8.83. The molecule has 0 aromatic carbocycles. The minimum Gasteiger partial charge on any atom is -0.445 e. The number of rotatable bonds is 6. The molecule has 0 radical (unpaired) electrons. The summed E-state index contributed by atoms with van der Waals surface area (Å²) in [5.41, 5.74) is -1.10. The summed E-state index contributed by atoms with van der Waals surface area (Å²) in [6.07, 6.45) is -4.14. The van der Waals surface area contributed by atoms with E-state index in [1.165, 1.54) is 0 Å². The van der Waals surface area contributed by atoms with Gasteiger partial charge in [0, 0.05) is 0 Å². The summed E-state index contributed by atoms with van der Waals surface area (Å²) in [6, 6.07) is 0. The molecule has 0 saturated carbocycles. The van der Waals surface area contributed by atoms with Gasteiger partial charge in [0.1, 0.15) is 0 Å². The highest BCUT2D eigenvalue weighted by Gasteiger charge is 2.33. The quantitative estimate of drug-likeness (QED) is 0.515. The molecule has 0 spiro atoms. The van der Waals surface area contributed by atoms with Gasteiger partial charge in [-0.15, -0.1) is 12.1 Å². The van der Waals surface area contributed by atoms with E-state index >= 15 is 0 Å². The molecule has 0 aromatic rings. The lowest BCUT2D eigenvalue weighted by Gasteiger charge is -2.27. The van der Waals surface area contributed by atoms with E-state index < -0.39 is 31.7 Å². The largest absolute Gasteiger partial charge is 0.506 e. The van der Waals surface area contributed by atoms with Crippen LogP contribution in [0, 0.1) is 0 Å². The topological polar surface area (TPSA) is 3.24 Å². The van der Waals surface area contributed by atoms with Crippen molar-refractivity contribution in [3.05, 3.63) is 12.1 Å². The van der Waals surface area contributed by atoms with Crippen molar-refractivity contribution < 1.29 is 26.1 Å². The smallest absolute Gasteiger partial charge is 0.445 e. The van der Waals surface area contributed by atoms with Crippen LogP contribution in [0.2, 0.25) is 0 Å². The van der Waals surface area contributed by atoms with E-state index in [2.05, 4.69) is 6.58 Å². The third kappa shape index (κ3) is 6.76. The Hall–Kier alpha value is -0.655. The monoisotopic (exact) mass is 248 g/mol. The molecule has 0 aliphatic heterocycles. The Labute approximate surface area is 90.2 Å². The highest BCUT2D eigenvalue weighted by Crippen LogP contribution is 2.22. The third-order valence-corrected chi connectivity index (χ3v) is 1.83. The Morgan fingerprint density at radius 3 is 2.06 bits per heavy atom. The van der Waals surface area contributed by atoms with Gasteiger partial charge in [-0.1, -0.05) is 6.92 Å². The van der Waals surface area contributed by atoms with E-state index in [-0.39, 0.29) is 6.54 Å². The fourth-order valence-corrected chi connectivity index (χ4v) is 1.17. The van der Waals surface area contributed by atoms with Gasteiger partial charge in [0.25, 0.3) is 0 Å². The molecular weight excluding hydrogens is 235 g/mol. The van der Waals surface area contributed by atoms with Crippen LogP contribution in [0.3, 0.4) is 0 Å². The maximum atomic E-state index is 12.1. The van der Waals surface area contributed by atoms with E-state index in [1.807, 2.05) is 0 Å². The van der Waals surface area contributed by atoms with Crippen molar-refractivity contribution in [3.8, 4) is 0 Å². The molecule has 0 aromatic heterocycles. The second kappa shape index (κ2) is 5.61. The number of alkyl halides is 3. The first-order chi connectivity index (χ1) is 7.06. The summed E-state index contributed by atoms with van der Waals surface area (Å²) in [4.78, 5) is 0.706. The van der Waals surface area contributed by atoms with Crippen molar-refractivity contribution in [2.75, 3.05) is 19.6 Å². The Balaban J connectivity index is 4.40. The summed E-state index contributed by atoms with van der Waals surface area (Å²) in [7, 11) is 0. The Bertz CT molecular complexity index is 234. The van der Waals surface area contributed by atoms with Crippen molar-refractivity contribution in [1.29, 1.82) is 0 Å². The molecule has 1 nitrogen and oxygen atoms in total. The molecule has 0 amide bonds. The predicted octanol–water partition coefficient (Wildman–Crippen LogP) is 3.20. The number of halogens is 6. The van der Waals surface area contributed by atoms with Crippen LogP contribution >= 0.6 is 0 Å². The third-order valence-electron chi connectivity index (χ3n) is 1.83. The maximum absolute atomic E-state index is 12.1. The van der Waals surface area contributed by atoms with Crippen LogP contribution in [0.4, 0.5) is 26.1 Å². The van der Waals surface area contributed by atoms with Crippen LogP contribution < -0.4 is 0 Å². The van der Waals surface area contributed by atoms with Gasteiger partial charge in [0.2, 0.25) is 0 Å². The van der Waals surface area contributed by atoms with Gasteiger partial charge in [-0.25, -0.2) is 0 Å². The average molecular weight is 248 g/mol. The van der Waals surface area contributed by atoms with Crippen molar-refractivity contribution in [1.82, 2.24) is 4.90 Å². The molecule has 0 rings (SSSR count). The van der Waals surface area contributed by atoms with Gasteiger partial charge in [0.15, 0.2) is 0 Å². The fraction of sp³-hybridized carbons (Fsp3) is 0.750. The van der Waals surface area contributed by atoms with E-state index in [4.69, 9.17) is 0 Å². The number of hydrogen-bond donors (Lipinski definition) is 0. The van der Waals surface area contributed by atoms with Crippen LogP contribution in [0.1, 0.15) is 13.3 Å². The fourth-order valence-electron chi connectivity index (χ4n) is 1.17. The van der Waals surface area contributed by atoms with E-state index in [0.29, 0.717) is 11.3 Å². The summed E-state index contributed by atoms with van der Waals surface area (Å²) in [5.74, 6) is 0. The van der Waals surface area contributed by atoms with Crippen LogP contribution in [0.5, 0.6) is 0 Å². The Kier molecular flexibility index (Phi) is 5.38. The van der Waals surface area contributed by atoms with Crippen LogP contribution in [-0.4, -0.2) is 37.7 Å². The summed E-state index contributed by atoms with van der Waals surface area (Å²) >= 11 is 0. The highest BCUT2D eigenvalue weighted by atomic mass is 19.4. The van der Waals surface area contributed by atoms with Gasteiger partial charge < -0.3 is 12.9 Å². The molecule has 0 bridgehead atoms. The summed E-state index contributed by atoms with van der Waals surface area (Å²) in [6.45, 7) is -3.05. The lowest BCUT2D eigenvalue weighted by atomic mass is 9.80. The molecule has 8 heteroatoms. The van der Waals surface area contributed by atoms with Gasteiger partial charge in [-0.3, -0.25) is 4.90 Å². The molecule has 96 valence electrons. The zero-order valence-electron chi connectivity index (χ0n) is 8.83. The molecule has 0 unspecified atom stereocenters. The predicted molar refractivity (Wildman–Crippen MR) is 51.0 cm³/mol. The van der Waals surface area contributed by atoms with E-state index in [9.17, 15) is 26.1 Å². The second-order valence-electron chi connectivity index (χ2n) is 3.56. The molecule has 0 fully saturated rings. The summed E-state index contributed by atoms with van der Waals surface area (Å²) < 4.78 is 72.5. The Morgan fingerprint density at radius 2 is 1.75 bits per heavy atom. The Morgan fingerprint density at radius 1 is 1.25 bits per heavy atom. The van der Waals surface area contributed by atoms with Gasteiger partial charge in [0.05, 0.1) is 6.54 Å². The molecule has 16 heavy (non-hydrogen) atoms. The first-order valence-electron chi connectivity index (χ1n) is 4.73. The zero-order chi connectivity index (χ0) is 13.0. The minimum absolute atomic E-state index is 0.0370. The standard InChI is InChI=1S/C8H13BF6N/c1-3-4-16(6-8(10,11)12)5-7(2)9(13,14)15/h2-6H2,1H3/q-1. The summed E-state index contributed by atoms with van der Waals surface area (Å²) in [5, 5.41) is 0. The van der Waals surface area contributed by atoms with Gasteiger partial charge in [-0.05, 0) is 19.5 Å². The van der Waals surface area contributed by atoms with E-state index in [0.717, 1.165) is 0 Å². The molecule has 0 aliphatic rings. The highest BCUT2D eigenvalue weighted by molar-refractivity contribution is 6.66. The first-order valence-corrected chi connectivity index (χ1v) is 4.73. The van der Waals surface area contributed by atoms with Crippen LogP contribution in [0.25, 0.3) is 0 Å². The lowest BCUT2D eigenvalue weighted by Crippen LogP contribution is -2.39. The normalized spacial score (nSPS) is 13.2. The van der Waals surface area contributed by atoms with Gasteiger partial charge in [-0.2, -0.15) is 13.2 Å². The molecular formula is C8H13BF6N-. The average Bonchev–Trinajstić information content (AvgIpc) is 1.99. The molecule has 0 saturated heterocycles. The van der Waals surface area contributed by atoms with Crippen molar-refractivity contribution in [3.63, 3.8) is 0 Å². The van der Waals surface area contributed by atoms with Crippen molar-refractivity contribution in [2.45, 2.75) is 19.5 Å². The van der Waals surface area contributed by atoms with Crippen molar-refractivity contribution in [2.24, 2.45) is 0 Å². The molecule has 0 N–H and O–H groups in total. The second-order valence-corrected chi connectivity index (χ2v) is 3.56. The molecule has 0 aliphatic carbocycles. The number of hydrogen-bond acceptors (Lipinski definition) is 1. The minimum atomic E-state index is -5.27.